The molecule has 2 aromatic carbocycles. The molecule has 0 aromatic heterocycles. The van der Waals surface area contributed by atoms with Gasteiger partial charge in [-0.3, -0.25) is 14.9 Å². The second-order valence-electron chi connectivity index (χ2n) is 7.09. The molecule has 2 N–H and O–H groups in total. The lowest BCUT2D eigenvalue weighted by molar-refractivity contribution is -0.132. The SMILES string of the molecule is C[C@H](N[C@H](C)c1cccc(NC(=O)c2ccccc2)c1)C(=O)N1CCCC1. The average Bonchev–Trinajstić information content (AvgIpc) is 3.23. The molecule has 0 aliphatic carbocycles. The predicted molar refractivity (Wildman–Crippen MR) is 108 cm³/mol. The largest absolute Gasteiger partial charge is 0.341 e. The third-order valence-corrected chi connectivity index (χ3v) is 4.97. The van der Waals surface area contributed by atoms with Crippen LogP contribution in [0.1, 0.15) is 48.7 Å². The van der Waals surface area contributed by atoms with E-state index in [4.69, 9.17) is 0 Å². The highest BCUT2D eigenvalue weighted by Crippen LogP contribution is 2.19. The standard InChI is InChI=1S/C22H27N3O2/c1-16(23-17(2)22(27)25-13-6-7-14-25)19-11-8-12-20(15-19)24-21(26)18-9-4-3-5-10-18/h3-5,8-12,15-17,23H,6-7,13-14H2,1-2H3,(H,24,26)/t16-,17+/m1/s1. The maximum absolute atomic E-state index is 12.5. The lowest BCUT2D eigenvalue weighted by Crippen LogP contribution is -2.44. The highest BCUT2D eigenvalue weighted by atomic mass is 16.2. The molecular formula is C22H27N3O2. The third-order valence-electron chi connectivity index (χ3n) is 4.97. The third kappa shape index (κ3) is 4.95. The van der Waals surface area contributed by atoms with Crippen molar-refractivity contribution in [1.82, 2.24) is 10.2 Å². The molecule has 0 radical (unpaired) electrons. The Labute approximate surface area is 160 Å². The second-order valence-corrected chi connectivity index (χ2v) is 7.09. The van der Waals surface area contributed by atoms with Crippen LogP contribution in [0.2, 0.25) is 0 Å². The molecule has 1 aliphatic heterocycles. The van der Waals surface area contributed by atoms with E-state index in [-0.39, 0.29) is 23.9 Å². The van der Waals surface area contributed by atoms with Crippen LogP contribution in [0.3, 0.4) is 0 Å². The summed E-state index contributed by atoms with van der Waals surface area (Å²) in [5.41, 5.74) is 2.40. The molecule has 2 aromatic rings. The Balaban J connectivity index is 1.62. The normalized spacial score (nSPS) is 16.0. The van der Waals surface area contributed by atoms with Crippen LogP contribution in [0.25, 0.3) is 0 Å². The number of anilines is 1. The van der Waals surface area contributed by atoms with Crippen molar-refractivity contribution in [1.29, 1.82) is 0 Å². The van der Waals surface area contributed by atoms with Gasteiger partial charge in [0, 0.05) is 30.4 Å². The van der Waals surface area contributed by atoms with Gasteiger partial charge in [0.1, 0.15) is 0 Å². The zero-order valence-corrected chi connectivity index (χ0v) is 15.9. The Morgan fingerprint density at radius 1 is 0.963 bits per heavy atom. The van der Waals surface area contributed by atoms with Gasteiger partial charge in [0.05, 0.1) is 6.04 Å². The first-order valence-electron chi connectivity index (χ1n) is 9.56. The van der Waals surface area contributed by atoms with Crippen LogP contribution in [-0.4, -0.2) is 35.8 Å². The minimum atomic E-state index is -0.235. The summed E-state index contributed by atoms with van der Waals surface area (Å²) in [7, 11) is 0. The molecule has 2 amide bonds. The Kier molecular flexibility index (Phi) is 6.24. The number of nitrogens with zero attached hydrogens (tertiary/aromatic N) is 1. The molecule has 5 heteroatoms. The lowest BCUT2D eigenvalue weighted by Gasteiger charge is -2.24. The Morgan fingerprint density at radius 2 is 1.67 bits per heavy atom. The first-order chi connectivity index (χ1) is 13.0. The number of hydrogen-bond acceptors (Lipinski definition) is 3. The number of nitrogens with one attached hydrogen (secondary N) is 2. The number of amides is 2. The van der Waals surface area contributed by atoms with E-state index in [9.17, 15) is 9.59 Å². The van der Waals surface area contributed by atoms with Crippen molar-refractivity contribution in [3.8, 4) is 0 Å². The van der Waals surface area contributed by atoms with Gasteiger partial charge in [-0.15, -0.1) is 0 Å². The van der Waals surface area contributed by atoms with Crippen molar-refractivity contribution in [3.05, 3.63) is 65.7 Å². The zero-order valence-electron chi connectivity index (χ0n) is 15.9. The van der Waals surface area contributed by atoms with Gasteiger partial charge in [0.15, 0.2) is 0 Å². The van der Waals surface area contributed by atoms with Crippen LogP contribution in [0, 0.1) is 0 Å². The van der Waals surface area contributed by atoms with Crippen LogP contribution in [0.15, 0.2) is 54.6 Å². The summed E-state index contributed by atoms with van der Waals surface area (Å²) in [5, 5.41) is 6.31. The molecule has 0 bridgehead atoms. The van der Waals surface area contributed by atoms with Crippen molar-refractivity contribution in [2.45, 2.75) is 38.8 Å². The van der Waals surface area contributed by atoms with Gasteiger partial charge in [0.25, 0.3) is 5.91 Å². The summed E-state index contributed by atoms with van der Waals surface area (Å²) < 4.78 is 0. The number of benzene rings is 2. The molecule has 27 heavy (non-hydrogen) atoms. The highest BCUT2D eigenvalue weighted by molar-refractivity contribution is 6.04. The van der Waals surface area contributed by atoms with Crippen molar-refractivity contribution in [2.75, 3.05) is 18.4 Å². The fourth-order valence-corrected chi connectivity index (χ4v) is 3.43. The van der Waals surface area contributed by atoms with Gasteiger partial charge in [-0.1, -0.05) is 30.3 Å². The minimum Gasteiger partial charge on any atom is -0.341 e. The fraction of sp³-hybridized carbons (Fsp3) is 0.364. The quantitative estimate of drug-likeness (QED) is 0.822. The maximum Gasteiger partial charge on any atom is 0.255 e. The molecule has 2 atom stereocenters. The molecule has 0 spiro atoms. The van der Waals surface area contributed by atoms with Crippen molar-refractivity contribution >= 4 is 17.5 Å². The van der Waals surface area contributed by atoms with E-state index in [0.29, 0.717) is 5.56 Å². The van der Waals surface area contributed by atoms with Gasteiger partial charge in [0.2, 0.25) is 5.91 Å². The van der Waals surface area contributed by atoms with Gasteiger partial charge in [-0.2, -0.15) is 0 Å². The lowest BCUT2D eigenvalue weighted by atomic mass is 10.1. The van der Waals surface area contributed by atoms with E-state index in [2.05, 4.69) is 10.6 Å². The summed E-state index contributed by atoms with van der Waals surface area (Å²) in [4.78, 5) is 26.8. The minimum absolute atomic E-state index is 0.000121. The van der Waals surface area contributed by atoms with Crippen molar-refractivity contribution < 1.29 is 9.59 Å². The molecule has 1 saturated heterocycles. The first kappa shape index (κ1) is 19.1. The summed E-state index contributed by atoms with van der Waals surface area (Å²) in [6.45, 7) is 5.67. The van der Waals surface area contributed by atoms with Crippen LogP contribution in [0.4, 0.5) is 5.69 Å². The van der Waals surface area contributed by atoms with E-state index in [1.807, 2.05) is 61.2 Å². The molecule has 0 saturated carbocycles. The molecule has 5 nitrogen and oxygen atoms in total. The van der Waals surface area contributed by atoms with E-state index >= 15 is 0 Å². The van der Waals surface area contributed by atoms with E-state index in [1.165, 1.54) is 0 Å². The molecule has 1 aliphatic rings. The smallest absolute Gasteiger partial charge is 0.255 e. The van der Waals surface area contributed by atoms with Gasteiger partial charge in [-0.25, -0.2) is 0 Å². The molecule has 3 rings (SSSR count). The number of carbonyl (C=O) groups excluding carboxylic acids is 2. The summed E-state index contributed by atoms with van der Waals surface area (Å²) in [6, 6.07) is 16.7. The van der Waals surface area contributed by atoms with E-state index < -0.39 is 0 Å². The van der Waals surface area contributed by atoms with Crippen LogP contribution in [0.5, 0.6) is 0 Å². The highest BCUT2D eigenvalue weighted by Gasteiger charge is 2.24. The number of carbonyl (C=O) groups is 2. The van der Waals surface area contributed by atoms with Crippen molar-refractivity contribution in [3.63, 3.8) is 0 Å². The Morgan fingerprint density at radius 3 is 2.37 bits per heavy atom. The molecule has 1 heterocycles. The van der Waals surface area contributed by atoms with Gasteiger partial charge >= 0.3 is 0 Å². The van der Waals surface area contributed by atoms with Crippen LogP contribution < -0.4 is 10.6 Å². The summed E-state index contributed by atoms with van der Waals surface area (Å²) >= 11 is 0. The van der Waals surface area contributed by atoms with E-state index in [1.54, 1.807) is 12.1 Å². The van der Waals surface area contributed by atoms with Gasteiger partial charge < -0.3 is 10.2 Å². The topological polar surface area (TPSA) is 61.4 Å². The first-order valence-corrected chi connectivity index (χ1v) is 9.56. The van der Waals surface area contributed by atoms with Crippen LogP contribution >= 0.6 is 0 Å². The predicted octanol–water partition coefficient (Wildman–Crippen LogP) is 3.60. The maximum atomic E-state index is 12.5. The monoisotopic (exact) mass is 365 g/mol. The van der Waals surface area contributed by atoms with Crippen LogP contribution in [-0.2, 0) is 4.79 Å². The summed E-state index contributed by atoms with van der Waals surface area (Å²) in [5.74, 6) is 0.0267. The molecule has 142 valence electrons. The van der Waals surface area contributed by atoms with Gasteiger partial charge in [-0.05, 0) is 56.5 Å². The number of likely N-dealkylation sites (tertiary alicyclic amines) is 1. The number of rotatable bonds is 6. The second kappa shape index (κ2) is 8.82. The summed E-state index contributed by atoms with van der Waals surface area (Å²) in [6.07, 6.45) is 2.19. The van der Waals surface area contributed by atoms with Crippen molar-refractivity contribution in [2.24, 2.45) is 0 Å². The number of hydrogen-bond donors (Lipinski definition) is 2. The Hall–Kier alpha value is -2.66. The zero-order chi connectivity index (χ0) is 19.2. The fourth-order valence-electron chi connectivity index (χ4n) is 3.43. The Bertz CT molecular complexity index is 785. The average molecular weight is 365 g/mol. The van der Waals surface area contributed by atoms with E-state index in [0.717, 1.165) is 37.2 Å². The molecular weight excluding hydrogens is 338 g/mol. The molecule has 1 fully saturated rings. The molecule has 0 unspecified atom stereocenters.